The number of aromatic amines is 1. The molecule has 1 amide bonds. The van der Waals surface area contributed by atoms with Gasteiger partial charge in [0, 0.05) is 38.0 Å². The maximum absolute atomic E-state index is 12.8. The molecule has 0 bridgehead atoms. The van der Waals surface area contributed by atoms with Crippen molar-refractivity contribution in [3.8, 4) is 5.88 Å². The number of aromatic nitrogens is 3. The highest BCUT2D eigenvalue weighted by molar-refractivity contribution is 5.86. The average molecular weight is 364 g/mol. The van der Waals surface area contributed by atoms with Gasteiger partial charge in [0.05, 0.1) is 23.7 Å². The van der Waals surface area contributed by atoms with Crippen LogP contribution in [0, 0.1) is 0 Å². The lowest BCUT2D eigenvalue weighted by Crippen LogP contribution is -2.39. The number of ether oxygens (including phenoxy) is 1. The number of benzene rings is 1. The number of fused-ring (bicyclic) bond motifs is 1. The third-order valence-corrected chi connectivity index (χ3v) is 5.33. The molecule has 3 aromatic rings. The highest BCUT2D eigenvalue weighted by Crippen LogP contribution is 2.28. The van der Waals surface area contributed by atoms with Crippen molar-refractivity contribution in [3.05, 3.63) is 53.9 Å². The van der Waals surface area contributed by atoms with Gasteiger partial charge < -0.3 is 9.64 Å². The van der Waals surface area contributed by atoms with Gasteiger partial charge in [-0.05, 0) is 24.5 Å². The van der Waals surface area contributed by atoms with Gasteiger partial charge in [0.15, 0.2) is 0 Å². The van der Waals surface area contributed by atoms with Crippen LogP contribution in [0.25, 0.3) is 10.9 Å². The second kappa shape index (κ2) is 7.78. The summed E-state index contributed by atoms with van der Waals surface area (Å²) in [5.74, 6) is 1.17. The van der Waals surface area contributed by atoms with Crippen molar-refractivity contribution in [1.82, 2.24) is 20.1 Å². The van der Waals surface area contributed by atoms with E-state index in [1.165, 1.54) is 5.56 Å². The molecule has 0 saturated carbocycles. The highest BCUT2D eigenvalue weighted by atomic mass is 16.5. The van der Waals surface area contributed by atoms with Crippen LogP contribution in [0.1, 0.15) is 36.4 Å². The van der Waals surface area contributed by atoms with Crippen LogP contribution in [0.3, 0.4) is 0 Å². The van der Waals surface area contributed by atoms with Gasteiger partial charge in [0.2, 0.25) is 11.8 Å². The zero-order valence-electron chi connectivity index (χ0n) is 15.5. The van der Waals surface area contributed by atoms with Gasteiger partial charge in [-0.1, -0.05) is 30.3 Å². The molecule has 1 N–H and O–H groups in total. The van der Waals surface area contributed by atoms with Gasteiger partial charge in [-0.3, -0.25) is 9.89 Å². The number of H-pyrrole nitrogens is 1. The van der Waals surface area contributed by atoms with E-state index in [0.717, 1.165) is 42.5 Å². The van der Waals surface area contributed by atoms with Crippen LogP contribution in [0.4, 0.5) is 0 Å². The summed E-state index contributed by atoms with van der Waals surface area (Å²) in [6.45, 7) is 1.64. The fourth-order valence-electron chi connectivity index (χ4n) is 3.92. The van der Waals surface area contributed by atoms with Crippen molar-refractivity contribution in [2.75, 3.05) is 20.2 Å². The van der Waals surface area contributed by atoms with Crippen LogP contribution in [0.5, 0.6) is 5.88 Å². The molecule has 0 spiro atoms. The van der Waals surface area contributed by atoms with Gasteiger partial charge in [-0.15, -0.1) is 0 Å². The van der Waals surface area contributed by atoms with Crippen LogP contribution >= 0.6 is 0 Å². The third-order valence-electron chi connectivity index (χ3n) is 5.33. The molecule has 140 valence electrons. The number of piperidine rings is 1. The smallest absolute Gasteiger partial charge is 0.224 e. The number of nitrogens with one attached hydrogen (secondary N) is 1. The zero-order chi connectivity index (χ0) is 18.6. The fourth-order valence-corrected chi connectivity index (χ4v) is 3.92. The molecule has 6 heteroatoms. The second-order valence-electron chi connectivity index (χ2n) is 7.00. The number of pyridine rings is 1. The van der Waals surface area contributed by atoms with E-state index in [9.17, 15) is 4.79 Å². The fraction of sp³-hybridized carbons (Fsp3) is 0.381. The minimum atomic E-state index is 0.189. The average Bonchev–Trinajstić information content (AvgIpc) is 3.16. The predicted molar refractivity (Wildman–Crippen MR) is 104 cm³/mol. The Bertz CT molecular complexity index is 922. The van der Waals surface area contributed by atoms with Crippen molar-refractivity contribution >= 4 is 16.8 Å². The van der Waals surface area contributed by atoms with Crippen molar-refractivity contribution in [1.29, 1.82) is 0 Å². The molecule has 1 atom stereocenters. The SMILES string of the molecule is COc1nccc2[nH]nc(CCC(=O)N3CCC[C@H](c4ccccc4)C3)c12. The number of hydrogen-bond donors (Lipinski definition) is 1. The minimum Gasteiger partial charge on any atom is -0.480 e. The van der Waals surface area contributed by atoms with E-state index in [1.807, 2.05) is 17.0 Å². The Labute approximate surface area is 158 Å². The Morgan fingerprint density at radius 3 is 2.96 bits per heavy atom. The summed E-state index contributed by atoms with van der Waals surface area (Å²) in [4.78, 5) is 19.0. The lowest BCUT2D eigenvalue weighted by atomic mass is 9.90. The van der Waals surface area contributed by atoms with E-state index in [0.29, 0.717) is 24.6 Å². The summed E-state index contributed by atoms with van der Waals surface area (Å²) in [5.41, 5.74) is 3.04. The van der Waals surface area contributed by atoms with Crippen molar-refractivity contribution < 1.29 is 9.53 Å². The van der Waals surface area contributed by atoms with Crippen LogP contribution in [-0.2, 0) is 11.2 Å². The maximum Gasteiger partial charge on any atom is 0.224 e. The molecular formula is C21H24N4O2. The summed E-state index contributed by atoms with van der Waals surface area (Å²) in [7, 11) is 1.60. The maximum atomic E-state index is 12.8. The van der Waals surface area contributed by atoms with Crippen molar-refractivity contribution in [2.24, 2.45) is 0 Å². The first-order valence-corrected chi connectivity index (χ1v) is 9.45. The van der Waals surface area contributed by atoms with E-state index < -0.39 is 0 Å². The quantitative estimate of drug-likeness (QED) is 0.754. The van der Waals surface area contributed by atoms with Crippen LogP contribution in [0.2, 0.25) is 0 Å². The Morgan fingerprint density at radius 2 is 2.15 bits per heavy atom. The number of amides is 1. The molecule has 2 aromatic heterocycles. The predicted octanol–water partition coefficient (Wildman–Crippen LogP) is 3.31. The molecule has 0 radical (unpaired) electrons. The van der Waals surface area contributed by atoms with Gasteiger partial charge >= 0.3 is 0 Å². The van der Waals surface area contributed by atoms with E-state index in [-0.39, 0.29) is 5.91 Å². The Hall–Kier alpha value is -2.89. The van der Waals surface area contributed by atoms with Gasteiger partial charge in [0.1, 0.15) is 0 Å². The molecule has 6 nitrogen and oxygen atoms in total. The molecule has 0 aliphatic carbocycles. The first kappa shape index (κ1) is 17.5. The zero-order valence-corrected chi connectivity index (χ0v) is 15.5. The minimum absolute atomic E-state index is 0.189. The summed E-state index contributed by atoms with van der Waals surface area (Å²) in [6.07, 6.45) is 4.90. The second-order valence-corrected chi connectivity index (χ2v) is 7.00. The highest BCUT2D eigenvalue weighted by Gasteiger charge is 2.25. The third kappa shape index (κ3) is 3.65. The summed E-state index contributed by atoms with van der Waals surface area (Å²) < 4.78 is 5.35. The van der Waals surface area contributed by atoms with Crippen LogP contribution in [-0.4, -0.2) is 46.2 Å². The monoisotopic (exact) mass is 364 g/mol. The number of nitrogens with zero attached hydrogens (tertiary/aromatic N) is 3. The largest absolute Gasteiger partial charge is 0.480 e. The normalized spacial score (nSPS) is 17.2. The van der Waals surface area contributed by atoms with Crippen LogP contribution < -0.4 is 4.74 Å². The molecule has 1 fully saturated rings. The Kier molecular flexibility index (Phi) is 5.05. The van der Waals surface area contributed by atoms with E-state index in [1.54, 1.807) is 13.3 Å². The number of hydrogen-bond acceptors (Lipinski definition) is 4. The lowest BCUT2D eigenvalue weighted by molar-refractivity contribution is -0.132. The van der Waals surface area contributed by atoms with Gasteiger partial charge in [-0.2, -0.15) is 5.10 Å². The van der Waals surface area contributed by atoms with Crippen molar-refractivity contribution in [2.45, 2.75) is 31.6 Å². The first-order valence-electron chi connectivity index (χ1n) is 9.45. The molecular weight excluding hydrogens is 340 g/mol. The van der Waals surface area contributed by atoms with Crippen LogP contribution in [0.15, 0.2) is 42.6 Å². The number of carbonyl (C=O) groups is 1. The van der Waals surface area contributed by atoms with Gasteiger partial charge in [0.25, 0.3) is 0 Å². The number of likely N-dealkylation sites (tertiary alicyclic amines) is 1. The standard InChI is InChI=1S/C21H24N4O2/c1-27-21-20-17(23-24-18(20)11-12-22-21)9-10-19(26)25-13-5-8-16(14-25)15-6-3-2-4-7-15/h2-4,6-7,11-12,16H,5,8-10,13-14H2,1H3,(H,23,24)/t16-/m0/s1. The number of carbonyl (C=O) groups excluding carboxylic acids is 1. The van der Waals surface area contributed by atoms with E-state index >= 15 is 0 Å². The van der Waals surface area contributed by atoms with Gasteiger partial charge in [-0.25, -0.2) is 4.98 Å². The molecule has 4 rings (SSSR count). The molecule has 0 unspecified atom stereocenters. The topological polar surface area (TPSA) is 71.1 Å². The Morgan fingerprint density at radius 1 is 1.30 bits per heavy atom. The summed E-state index contributed by atoms with van der Waals surface area (Å²) in [5, 5.41) is 8.24. The van der Waals surface area contributed by atoms with E-state index in [2.05, 4.69) is 39.4 Å². The van der Waals surface area contributed by atoms with E-state index in [4.69, 9.17) is 4.74 Å². The lowest BCUT2D eigenvalue weighted by Gasteiger charge is -2.33. The molecule has 1 aromatic carbocycles. The number of methoxy groups -OCH3 is 1. The molecule has 3 heterocycles. The first-order chi connectivity index (χ1) is 13.3. The molecule has 1 saturated heterocycles. The number of rotatable bonds is 5. The summed E-state index contributed by atoms with van der Waals surface area (Å²) >= 11 is 0. The summed E-state index contributed by atoms with van der Waals surface area (Å²) in [6, 6.07) is 12.4. The number of aryl methyl sites for hydroxylation is 1. The molecule has 1 aliphatic heterocycles. The molecule has 1 aliphatic rings. The molecule has 27 heavy (non-hydrogen) atoms. The van der Waals surface area contributed by atoms with Crippen molar-refractivity contribution in [3.63, 3.8) is 0 Å². The Balaban J connectivity index is 1.42.